The molecule has 0 aliphatic rings. The molecule has 0 saturated heterocycles. The standard InChI is InChI=1S/C11H17BrOS/c1-3-4-5-6-7-13-10-9(2)8-14-11(10)12/h8H,3-7H2,1-2H3. The molecule has 0 atom stereocenters. The Kier molecular flexibility index (Phi) is 5.56. The van der Waals surface area contributed by atoms with E-state index < -0.39 is 0 Å². The van der Waals surface area contributed by atoms with Crippen molar-refractivity contribution in [3.05, 3.63) is 14.7 Å². The Hall–Kier alpha value is -0.0200. The molecule has 0 N–H and O–H groups in total. The van der Waals surface area contributed by atoms with E-state index in [0.717, 1.165) is 22.6 Å². The number of thiophene rings is 1. The molecule has 3 heteroatoms. The van der Waals surface area contributed by atoms with Gasteiger partial charge in [-0.1, -0.05) is 26.2 Å². The summed E-state index contributed by atoms with van der Waals surface area (Å²) < 4.78 is 6.83. The van der Waals surface area contributed by atoms with Crippen molar-refractivity contribution in [1.29, 1.82) is 0 Å². The Labute approximate surface area is 98.6 Å². The number of hydrogen-bond donors (Lipinski definition) is 0. The second kappa shape index (κ2) is 6.46. The molecule has 1 heterocycles. The summed E-state index contributed by atoms with van der Waals surface area (Å²) in [4.78, 5) is 0. The first-order chi connectivity index (χ1) is 6.75. The quantitative estimate of drug-likeness (QED) is 0.680. The van der Waals surface area contributed by atoms with Gasteiger partial charge in [0.05, 0.1) is 6.61 Å². The molecular formula is C11H17BrOS. The number of unbranched alkanes of at least 4 members (excludes halogenated alkanes) is 3. The highest BCUT2D eigenvalue weighted by Crippen LogP contribution is 2.34. The van der Waals surface area contributed by atoms with Crippen molar-refractivity contribution in [2.24, 2.45) is 0 Å². The third kappa shape index (κ3) is 3.62. The van der Waals surface area contributed by atoms with E-state index in [1.807, 2.05) is 0 Å². The summed E-state index contributed by atoms with van der Waals surface area (Å²) in [5, 5.41) is 2.12. The maximum Gasteiger partial charge on any atom is 0.147 e. The van der Waals surface area contributed by atoms with Crippen molar-refractivity contribution in [1.82, 2.24) is 0 Å². The lowest BCUT2D eigenvalue weighted by Crippen LogP contribution is -1.97. The van der Waals surface area contributed by atoms with Gasteiger partial charge in [-0.2, -0.15) is 0 Å². The van der Waals surface area contributed by atoms with Gasteiger partial charge in [0.15, 0.2) is 0 Å². The fraction of sp³-hybridized carbons (Fsp3) is 0.636. The largest absolute Gasteiger partial charge is 0.491 e. The molecule has 0 radical (unpaired) electrons. The van der Waals surface area contributed by atoms with Gasteiger partial charge in [0.1, 0.15) is 9.54 Å². The number of halogens is 1. The maximum atomic E-state index is 5.72. The molecule has 0 fully saturated rings. The molecule has 0 spiro atoms. The molecule has 1 aromatic rings. The summed E-state index contributed by atoms with van der Waals surface area (Å²) in [6.07, 6.45) is 5.03. The SMILES string of the molecule is CCCCCCOc1c(C)csc1Br. The lowest BCUT2D eigenvalue weighted by molar-refractivity contribution is 0.303. The molecule has 0 aliphatic heterocycles. The van der Waals surface area contributed by atoms with Crippen molar-refractivity contribution in [3.8, 4) is 5.75 Å². The van der Waals surface area contributed by atoms with Crippen molar-refractivity contribution >= 4 is 27.3 Å². The number of ether oxygens (including phenoxy) is 1. The van der Waals surface area contributed by atoms with Crippen LogP contribution in [0.25, 0.3) is 0 Å². The summed E-state index contributed by atoms with van der Waals surface area (Å²) in [5.74, 6) is 1.03. The van der Waals surface area contributed by atoms with Crippen LogP contribution in [-0.2, 0) is 0 Å². The van der Waals surface area contributed by atoms with Gasteiger partial charge >= 0.3 is 0 Å². The fourth-order valence-electron chi connectivity index (χ4n) is 1.28. The highest BCUT2D eigenvalue weighted by molar-refractivity contribution is 9.11. The van der Waals surface area contributed by atoms with Gasteiger partial charge in [-0.15, -0.1) is 11.3 Å². The molecule has 0 aliphatic carbocycles. The average molecular weight is 277 g/mol. The molecule has 1 aromatic heterocycles. The van der Waals surface area contributed by atoms with Gasteiger partial charge < -0.3 is 4.74 Å². The molecule has 14 heavy (non-hydrogen) atoms. The first kappa shape index (κ1) is 12.1. The lowest BCUT2D eigenvalue weighted by atomic mass is 10.2. The normalized spacial score (nSPS) is 10.5. The van der Waals surface area contributed by atoms with Gasteiger partial charge in [-0.25, -0.2) is 0 Å². The lowest BCUT2D eigenvalue weighted by Gasteiger charge is -2.05. The second-order valence-electron chi connectivity index (χ2n) is 3.43. The Balaban J connectivity index is 2.24. The van der Waals surface area contributed by atoms with Crippen LogP contribution in [0.4, 0.5) is 0 Å². The summed E-state index contributed by atoms with van der Waals surface area (Å²) >= 11 is 5.18. The Morgan fingerprint density at radius 1 is 1.36 bits per heavy atom. The van der Waals surface area contributed by atoms with Crippen LogP contribution in [0.15, 0.2) is 9.17 Å². The third-order valence-corrected chi connectivity index (χ3v) is 3.90. The molecule has 1 rings (SSSR count). The van der Waals surface area contributed by atoms with Crippen molar-refractivity contribution in [2.75, 3.05) is 6.61 Å². The maximum absolute atomic E-state index is 5.72. The molecule has 0 amide bonds. The van der Waals surface area contributed by atoms with Crippen molar-refractivity contribution < 1.29 is 4.74 Å². The molecular weight excluding hydrogens is 260 g/mol. The average Bonchev–Trinajstić information content (AvgIpc) is 2.48. The third-order valence-electron chi connectivity index (χ3n) is 2.12. The Morgan fingerprint density at radius 3 is 2.71 bits per heavy atom. The van der Waals surface area contributed by atoms with Crippen LogP contribution in [0.2, 0.25) is 0 Å². The number of aryl methyl sites for hydroxylation is 1. The molecule has 1 nitrogen and oxygen atoms in total. The minimum atomic E-state index is 0.843. The second-order valence-corrected chi connectivity index (χ2v) is 5.63. The predicted octanol–water partition coefficient (Wildman–Crippen LogP) is 4.78. The van der Waals surface area contributed by atoms with E-state index >= 15 is 0 Å². The zero-order valence-electron chi connectivity index (χ0n) is 8.81. The monoisotopic (exact) mass is 276 g/mol. The Bertz CT molecular complexity index is 251. The van der Waals surface area contributed by atoms with Gasteiger partial charge in [-0.05, 0) is 34.7 Å². The first-order valence-corrected chi connectivity index (χ1v) is 6.79. The van der Waals surface area contributed by atoms with Gasteiger partial charge in [0.25, 0.3) is 0 Å². The summed E-state index contributed by atoms with van der Waals surface area (Å²) in [5.41, 5.74) is 1.23. The van der Waals surface area contributed by atoms with Crippen LogP contribution in [0.3, 0.4) is 0 Å². The molecule has 0 unspecified atom stereocenters. The highest BCUT2D eigenvalue weighted by atomic mass is 79.9. The summed E-state index contributed by atoms with van der Waals surface area (Å²) in [6.45, 7) is 5.15. The van der Waals surface area contributed by atoms with Gasteiger partial charge in [0.2, 0.25) is 0 Å². The van der Waals surface area contributed by atoms with E-state index in [1.165, 1.54) is 24.8 Å². The molecule has 0 saturated carbocycles. The highest BCUT2D eigenvalue weighted by Gasteiger charge is 2.06. The summed E-state index contributed by atoms with van der Waals surface area (Å²) in [6, 6.07) is 0. The zero-order chi connectivity index (χ0) is 10.4. The molecule has 0 aromatic carbocycles. The van der Waals surface area contributed by atoms with E-state index in [4.69, 9.17) is 4.74 Å². The van der Waals surface area contributed by atoms with Crippen LogP contribution in [0.5, 0.6) is 5.75 Å². The van der Waals surface area contributed by atoms with Gasteiger partial charge in [-0.3, -0.25) is 0 Å². The minimum absolute atomic E-state index is 0.843. The van der Waals surface area contributed by atoms with Crippen LogP contribution >= 0.6 is 27.3 Å². The van der Waals surface area contributed by atoms with E-state index in [-0.39, 0.29) is 0 Å². The van der Waals surface area contributed by atoms with Gasteiger partial charge in [0, 0.05) is 5.56 Å². The minimum Gasteiger partial charge on any atom is -0.491 e. The van der Waals surface area contributed by atoms with E-state index in [2.05, 4.69) is 35.2 Å². The Morgan fingerprint density at radius 2 is 2.14 bits per heavy atom. The van der Waals surface area contributed by atoms with Crippen molar-refractivity contribution in [3.63, 3.8) is 0 Å². The fourth-order valence-corrected chi connectivity index (χ4v) is 2.70. The molecule has 0 bridgehead atoms. The van der Waals surface area contributed by atoms with Crippen LogP contribution in [0.1, 0.15) is 38.2 Å². The van der Waals surface area contributed by atoms with Crippen LogP contribution < -0.4 is 4.74 Å². The number of rotatable bonds is 6. The van der Waals surface area contributed by atoms with E-state index in [0.29, 0.717) is 0 Å². The summed E-state index contributed by atoms with van der Waals surface area (Å²) in [7, 11) is 0. The van der Waals surface area contributed by atoms with Crippen molar-refractivity contribution in [2.45, 2.75) is 39.5 Å². The zero-order valence-corrected chi connectivity index (χ0v) is 11.2. The van der Waals surface area contributed by atoms with Crippen LogP contribution in [-0.4, -0.2) is 6.61 Å². The van der Waals surface area contributed by atoms with E-state index in [9.17, 15) is 0 Å². The smallest absolute Gasteiger partial charge is 0.147 e. The van der Waals surface area contributed by atoms with E-state index in [1.54, 1.807) is 11.3 Å². The topological polar surface area (TPSA) is 9.23 Å². The van der Waals surface area contributed by atoms with Crippen LogP contribution in [0, 0.1) is 6.92 Å². The predicted molar refractivity (Wildman–Crippen MR) is 66.4 cm³/mol. The molecule has 80 valence electrons. The number of hydrogen-bond acceptors (Lipinski definition) is 2. The first-order valence-electron chi connectivity index (χ1n) is 5.12.